The standard InChI is InChI=1S/C39H28N2S/c1-39(2)30-15-7-9-17-33(30)41-34-18-10-11-19-36(34)42-37-24-26(22-31(39)38(37)41)25-20-21-29-28-14-6-8-16-32(28)40(35(29)23-25)27-12-4-3-5-13-27/h3-24H,1-2H3. The Bertz CT molecular complexity index is 2210. The van der Waals surface area contributed by atoms with Crippen LogP contribution in [-0.2, 0) is 5.41 Å². The van der Waals surface area contributed by atoms with Gasteiger partial charge in [-0.25, -0.2) is 0 Å². The molecule has 0 atom stereocenters. The van der Waals surface area contributed by atoms with Crippen LogP contribution in [0.25, 0.3) is 38.6 Å². The van der Waals surface area contributed by atoms with Crippen LogP contribution in [0.3, 0.4) is 0 Å². The van der Waals surface area contributed by atoms with Gasteiger partial charge in [0.25, 0.3) is 0 Å². The fraction of sp³-hybridized carbons (Fsp3) is 0.0769. The molecule has 3 heteroatoms. The molecule has 3 heterocycles. The Hall–Kier alpha value is -4.73. The molecule has 0 N–H and O–H groups in total. The first-order valence-corrected chi connectivity index (χ1v) is 15.4. The lowest BCUT2D eigenvalue weighted by Crippen LogP contribution is -2.32. The van der Waals surface area contributed by atoms with E-state index in [-0.39, 0.29) is 5.41 Å². The predicted molar refractivity (Wildman–Crippen MR) is 177 cm³/mol. The Labute approximate surface area is 249 Å². The van der Waals surface area contributed by atoms with E-state index in [1.165, 1.54) is 76.6 Å². The van der Waals surface area contributed by atoms with Crippen molar-refractivity contribution in [3.8, 4) is 16.8 Å². The minimum Gasteiger partial charge on any atom is -0.309 e. The maximum atomic E-state index is 2.50. The molecule has 0 fully saturated rings. The highest BCUT2D eigenvalue weighted by Crippen LogP contribution is 2.60. The van der Waals surface area contributed by atoms with Crippen LogP contribution in [-0.4, -0.2) is 4.57 Å². The molecule has 200 valence electrons. The van der Waals surface area contributed by atoms with Crippen LogP contribution < -0.4 is 4.90 Å². The van der Waals surface area contributed by atoms with E-state index in [1.54, 1.807) is 0 Å². The van der Waals surface area contributed by atoms with Crippen molar-refractivity contribution >= 4 is 50.6 Å². The van der Waals surface area contributed by atoms with Crippen LogP contribution in [0.2, 0.25) is 0 Å². The van der Waals surface area contributed by atoms with E-state index in [4.69, 9.17) is 0 Å². The molecular weight excluding hydrogens is 529 g/mol. The first kappa shape index (κ1) is 23.9. The van der Waals surface area contributed by atoms with Gasteiger partial charge < -0.3 is 9.47 Å². The highest BCUT2D eigenvalue weighted by molar-refractivity contribution is 7.99. The first-order chi connectivity index (χ1) is 20.6. The Morgan fingerprint density at radius 2 is 1.24 bits per heavy atom. The van der Waals surface area contributed by atoms with E-state index in [2.05, 4.69) is 157 Å². The molecule has 2 aliphatic rings. The summed E-state index contributed by atoms with van der Waals surface area (Å²) >= 11 is 1.89. The van der Waals surface area contributed by atoms with Gasteiger partial charge in [-0.2, -0.15) is 0 Å². The molecule has 9 rings (SSSR count). The molecule has 42 heavy (non-hydrogen) atoms. The van der Waals surface area contributed by atoms with Gasteiger partial charge in [-0.3, -0.25) is 0 Å². The van der Waals surface area contributed by atoms with E-state index in [9.17, 15) is 0 Å². The summed E-state index contributed by atoms with van der Waals surface area (Å²) in [5, 5.41) is 2.56. The van der Waals surface area contributed by atoms with E-state index in [0.29, 0.717) is 0 Å². The number of hydrogen-bond donors (Lipinski definition) is 0. The summed E-state index contributed by atoms with van der Waals surface area (Å²) in [7, 11) is 0. The predicted octanol–water partition coefficient (Wildman–Crippen LogP) is 11.0. The van der Waals surface area contributed by atoms with Gasteiger partial charge in [-0.05, 0) is 76.9 Å². The molecule has 2 nitrogen and oxygen atoms in total. The average Bonchev–Trinajstić information content (AvgIpc) is 3.37. The fourth-order valence-electron chi connectivity index (χ4n) is 7.12. The van der Waals surface area contributed by atoms with Gasteiger partial charge in [-0.15, -0.1) is 0 Å². The number of nitrogens with zero attached hydrogens (tertiary/aromatic N) is 2. The molecule has 0 aliphatic carbocycles. The maximum absolute atomic E-state index is 2.50. The van der Waals surface area contributed by atoms with Crippen LogP contribution in [0.4, 0.5) is 17.1 Å². The summed E-state index contributed by atoms with van der Waals surface area (Å²) in [5.41, 5.74) is 12.6. The normalized spacial score (nSPS) is 14.5. The van der Waals surface area contributed by atoms with Crippen LogP contribution in [0.5, 0.6) is 0 Å². The second-order valence-corrected chi connectivity index (χ2v) is 12.9. The van der Waals surface area contributed by atoms with Crippen molar-refractivity contribution in [3.63, 3.8) is 0 Å². The average molecular weight is 557 g/mol. The van der Waals surface area contributed by atoms with Gasteiger partial charge in [0.05, 0.1) is 28.1 Å². The zero-order chi connectivity index (χ0) is 28.0. The number of para-hydroxylation sites is 4. The first-order valence-electron chi connectivity index (χ1n) is 14.5. The molecule has 0 radical (unpaired) electrons. The second-order valence-electron chi connectivity index (χ2n) is 11.8. The summed E-state index contributed by atoms with van der Waals surface area (Å²) in [6.07, 6.45) is 0. The van der Waals surface area contributed by atoms with Gasteiger partial charge in [0.15, 0.2) is 0 Å². The van der Waals surface area contributed by atoms with Crippen molar-refractivity contribution in [1.82, 2.24) is 4.57 Å². The van der Waals surface area contributed by atoms with E-state index >= 15 is 0 Å². The Kier molecular flexibility index (Phi) is 4.92. The number of hydrogen-bond acceptors (Lipinski definition) is 2. The number of benzene rings is 6. The lowest BCUT2D eigenvalue weighted by molar-refractivity contribution is 0.629. The number of rotatable bonds is 2. The second kappa shape index (κ2) is 8.64. The molecule has 0 saturated heterocycles. The van der Waals surface area contributed by atoms with Crippen molar-refractivity contribution in [3.05, 3.63) is 145 Å². The minimum absolute atomic E-state index is 0.136. The summed E-state index contributed by atoms with van der Waals surface area (Å²) in [5.74, 6) is 0. The number of anilines is 3. The Morgan fingerprint density at radius 1 is 0.524 bits per heavy atom. The molecule has 0 amide bonds. The molecule has 0 bridgehead atoms. The van der Waals surface area contributed by atoms with Gasteiger partial charge in [0.1, 0.15) is 0 Å². The Morgan fingerprint density at radius 3 is 2.12 bits per heavy atom. The van der Waals surface area contributed by atoms with Gasteiger partial charge in [-0.1, -0.05) is 104 Å². The third-order valence-corrected chi connectivity index (χ3v) is 10.2. The van der Waals surface area contributed by atoms with E-state index in [1.807, 2.05) is 11.8 Å². The van der Waals surface area contributed by atoms with Crippen molar-refractivity contribution in [2.45, 2.75) is 29.1 Å². The van der Waals surface area contributed by atoms with Crippen molar-refractivity contribution < 1.29 is 0 Å². The topological polar surface area (TPSA) is 8.17 Å². The van der Waals surface area contributed by atoms with Crippen LogP contribution in [0.15, 0.2) is 143 Å². The molecule has 6 aromatic carbocycles. The molecule has 0 spiro atoms. The third kappa shape index (κ3) is 3.23. The zero-order valence-electron chi connectivity index (χ0n) is 23.5. The smallest absolute Gasteiger partial charge is 0.0643 e. The lowest BCUT2D eigenvalue weighted by atomic mass is 9.72. The fourth-order valence-corrected chi connectivity index (χ4v) is 8.26. The largest absolute Gasteiger partial charge is 0.309 e. The molecule has 1 aromatic heterocycles. The lowest BCUT2D eigenvalue weighted by Gasteiger charge is -2.45. The third-order valence-electron chi connectivity index (χ3n) is 9.14. The van der Waals surface area contributed by atoms with E-state index < -0.39 is 0 Å². The highest BCUT2D eigenvalue weighted by Gasteiger charge is 2.41. The monoisotopic (exact) mass is 556 g/mol. The summed E-state index contributed by atoms with van der Waals surface area (Å²) in [6, 6.07) is 49.1. The van der Waals surface area contributed by atoms with Crippen LogP contribution >= 0.6 is 11.8 Å². The van der Waals surface area contributed by atoms with Crippen LogP contribution in [0.1, 0.15) is 25.0 Å². The van der Waals surface area contributed by atoms with Crippen LogP contribution in [0, 0.1) is 0 Å². The quantitative estimate of drug-likeness (QED) is 0.209. The van der Waals surface area contributed by atoms with E-state index in [0.717, 1.165) is 0 Å². The molecule has 0 saturated carbocycles. The molecule has 0 unspecified atom stereocenters. The minimum atomic E-state index is -0.136. The number of aromatic nitrogens is 1. The molecule has 2 aliphatic heterocycles. The number of fused-ring (bicyclic) bond motifs is 7. The summed E-state index contributed by atoms with van der Waals surface area (Å²) in [4.78, 5) is 5.10. The Balaban J connectivity index is 1.31. The summed E-state index contributed by atoms with van der Waals surface area (Å²) < 4.78 is 2.41. The van der Waals surface area contributed by atoms with Crippen molar-refractivity contribution in [2.24, 2.45) is 0 Å². The van der Waals surface area contributed by atoms with Gasteiger partial charge in [0.2, 0.25) is 0 Å². The molecule has 7 aromatic rings. The summed E-state index contributed by atoms with van der Waals surface area (Å²) in [6.45, 7) is 4.76. The van der Waals surface area contributed by atoms with Crippen molar-refractivity contribution in [2.75, 3.05) is 4.90 Å². The SMILES string of the molecule is CC1(C)c2ccccc2N2c3ccccc3Sc3cc(-c4ccc5c6ccccc6n(-c6ccccc6)c5c4)cc1c32. The van der Waals surface area contributed by atoms with Crippen molar-refractivity contribution in [1.29, 1.82) is 0 Å². The molecular formula is C39H28N2S. The zero-order valence-corrected chi connectivity index (χ0v) is 24.3. The maximum Gasteiger partial charge on any atom is 0.0643 e. The highest BCUT2D eigenvalue weighted by atomic mass is 32.2. The van der Waals surface area contributed by atoms with Gasteiger partial charge >= 0.3 is 0 Å². The van der Waals surface area contributed by atoms with Gasteiger partial charge in [0, 0.05) is 31.7 Å².